The fraction of sp³-hybridized carbons (Fsp3) is 0.429. The maximum Gasteiger partial charge on any atom is 0.254 e. The summed E-state index contributed by atoms with van der Waals surface area (Å²) in [6.45, 7) is 4.46. The van der Waals surface area contributed by atoms with Crippen LogP contribution < -0.4 is 0 Å². The molecule has 1 aromatic rings. The van der Waals surface area contributed by atoms with Crippen molar-refractivity contribution in [1.82, 2.24) is 4.90 Å². The van der Waals surface area contributed by atoms with Gasteiger partial charge in [0.1, 0.15) is 11.6 Å². The van der Waals surface area contributed by atoms with Crippen LogP contribution in [0.15, 0.2) is 18.2 Å². The average Bonchev–Trinajstić information content (AvgIpc) is 2.35. The van der Waals surface area contributed by atoms with E-state index < -0.39 is 5.82 Å². The second kappa shape index (κ2) is 4.88. The van der Waals surface area contributed by atoms with Crippen LogP contribution in [0.1, 0.15) is 29.3 Å². The summed E-state index contributed by atoms with van der Waals surface area (Å²) in [5.41, 5.74) is 1.14. The first-order valence-electron chi connectivity index (χ1n) is 6.07. The van der Waals surface area contributed by atoms with E-state index in [-0.39, 0.29) is 17.6 Å². The van der Waals surface area contributed by atoms with Gasteiger partial charge in [-0.05, 0) is 24.6 Å². The number of amides is 1. The van der Waals surface area contributed by atoms with Crippen LogP contribution in [0.25, 0.3) is 0 Å². The summed E-state index contributed by atoms with van der Waals surface area (Å²) in [7, 11) is 0. The molecular weight excluding hydrogens is 233 g/mol. The second-order valence-electron chi connectivity index (χ2n) is 4.83. The number of aryl methyl sites for hydroxylation is 1. The molecule has 2 rings (SSSR count). The van der Waals surface area contributed by atoms with Crippen LogP contribution in [0.2, 0.25) is 0 Å². The summed E-state index contributed by atoms with van der Waals surface area (Å²) in [6, 6.07) is 4.20. The SMILES string of the molecule is Cc1ccc(F)cc1C(=O)N1CCC(=O)C(C)C1. The number of carbonyl (C=O) groups is 2. The molecule has 1 aliphatic rings. The van der Waals surface area contributed by atoms with Gasteiger partial charge in [0, 0.05) is 31.0 Å². The Balaban J connectivity index is 2.21. The molecule has 1 fully saturated rings. The van der Waals surface area contributed by atoms with Crippen LogP contribution in [-0.4, -0.2) is 29.7 Å². The van der Waals surface area contributed by atoms with E-state index in [0.29, 0.717) is 25.1 Å². The van der Waals surface area contributed by atoms with Crippen molar-refractivity contribution in [1.29, 1.82) is 0 Å². The van der Waals surface area contributed by atoms with Gasteiger partial charge in [-0.2, -0.15) is 0 Å². The Labute approximate surface area is 106 Å². The summed E-state index contributed by atoms with van der Waals surface area (Å²) >= 11 is 0. The molecule has 1 aliphatic heterocycles. The number of carbonyl (C=O) groups excluding carboxylic acids is 2. The standard InChI is InChI=1S/C14H16FNO2/c1-9-3-4-11(15)7-12(9)14(18)16-6-5-13(17)10(2)8-16/h3-4,7,10H,5-6,8H2,1-2H3. The molecule has 0 radical (unpaired) electrons. The van der Waals surface area contributed by atoms with Gasteiger partial charge in [-0.1, -0.05) is 13.0 Å². The Bertz CT molecular complexity index is 499. The predicted octanol–water partition coefficient (Wildman–Crippen LogP) is 2.19. The molecule has 1 unspecified atom stereocenters. The van der Waals surface area contributed by atoms with Gasteiger partial charge in [-0.15, -0.1) is 0 Å². The fourth-order valence-electron chi connectivity index (χ4n) is 2.19. The van der Waals surface area contributed by atoms with Crippen molar-refractivity contribution in [2.75, 3.05) is 13.1 Å². The summed E-state index contributed by atoms with van der Waals surface area (Å²) in [5.74, 6) is -0.539. The average molecular weight is 249 g/mol. The first-order chi connectivity index (χ1) is 8.49. The lowest BCUT2D eigenvalue weighted by Crippen LogP contribution is -2.43. The lowest BCUT2D eigenvalue weighted by Gasteiger charge is -2.30. The second-order valence-corrected chi connectivity index (χ2v) is 4.83. The minimum atomic E-state index is -0.412. The number of hydrogen-bond donors (Lipinski definition) is 0. The molecule has 0 aromatic heterocycles. The first kappa shape index (κ1) is 12.7. The third-order valence-electron chi connectivity index (χ3n) is 3.39. The Morgan fingerprint density at radius 1 is 1.44 bits per heavy atom. The van der Waals surface area contributed by atoms with Crippen LogP contribution in [0.5, 0.6) is 0 Å². The molecule has 3 nitrogen and oxygen atoms in total. The molecule has 0 bridgehead atoms. The largest absolute Gasteiger partial charge is 0.337 e. The van der Waals surface area contributed by atoms with E-state index in [1.54, 1.807) is 17.9 Å². The minimum Gasteiger partial charge on any atom is -0.337 e. The van der Waals surface area contributed by atoms with E-state index in [2.05, 4.69) is 0 Å². The van der Waals surface area contributed by atoms with Gasteiger partial charge in [-0.3, -0.25) is 9.59 Å². The van der Waals surface area contributed by atoms with Gasteiger partial charge < -0.3 is 4.90 Å². The molecule has 0 aliphatic carbocycles. The van der Waals surface area contributed by atoms with E-state index in [0.717, 1.165) is 5.56 Å². The highest BCUT2D eigenvalue weighted by Crippen LogP contribution is 2.18. The molecule has 96 valence electrons. The van der Waals surface area contributed by atoms with E-state index >= 15 is 0 Å². The monoisotopic (exact) mass is 249 g/mol. The molecule has 0 spiro atoms. The van der Waals surface area contributed by atoms with Crippen LogP contribution in [0, 0.1) is 18.7 Å². The number of ketones is 1. The van der Waals surface area contributed by atoms with Gasteiger partial charge in [0.2, 0.25) is 0 Å². The maximum absolute atomic E-state index is 13.2. The topological polar surface area (TPSA) is 37.4 Å². The third-order valence-corrected chi connectivity index (χ3v) is 3.39. The Hall–Kier alpha value is -1.71. The quantitative estimate of drug-likeness (QED) is 0.765. The Kier molecular flexibility index (Phi) is 3.45. The van der Waals surface area contributed by atoms with Crippen molar-refractivity contribution in [3.63, 3.8) is 0 Å². The van der Waals surface area contributed by atoms with Crippen molar-refractivity contribution in [2.45, 2.75) is 20.3 Å². The van der Waals surface area contributed by atoms with E-state index in [4.69, 9.17) is 0 Å². The van der Waals surface area contributed by atoms with Crippen molar-refractivity contribution in [3.05, 3.63) is 35.1 Å². The molecule has 1 heterocycles. The van der Waals surface area contributed by atoms with Gasteiger partial charge in [-0.25, -0.2) is 4.39 Å². The molecule has 1 atom stereocenters. The zero-order valence-corrected chi connectivity index (χ0v) is 10.6. The zero-order valence-electron chi connectivity index (χ0n) is 10.6. The number of rotatable bonds is 1. The number of benzene rings is 1. The highest BCUT2D eigenvalue weighted by molar-refractivity contribution is 5.97. The van der Waals surface area contributed by atoms with E-state index in [1.807, 2.05) is 6.92 Å². The molecule has 0 saturated carbocycles. The molecule has 1 amide bonds. The first-order valence-corrected chi connectivity index (χ1v) is 6.07. The number of likely N-dealkylation sites (tertiary alicyclic amines) is 1. The number of hydrogen-bond acceptors (Lipinski definition) is 2. The summed E-state index contributed by atoms with van der Waals surface area (Å²) in [5, 5.41) is 0. The fourth-order valence-corrected chi connectivity index (χ4v) is 2.19. The number of Topliss-reactive ketones (excluding diaryl/α,β-unsaturated/α-hetero) is 1. The summed E-state index contributed by atoms with van der Waals surface area (Å²) < 4.78 is 13.2. The lowest BCUT2D eigenvalue weighted by molar-refractivity contribution is -0.124. The van der Waals surface area contributed by atoms with E-state index in [1.165, 1.54) is 12.1 Å². The maximum atomic E-state index is 13.2. The molecule has 4 heteroatoms. The number of halogens is 1. The predicted molar refractivity (Wildman–Crippen MR) is 65.8 cm³/mol. The number of nitrogens with zero attached hydrogens (tertiary/aromatic N) is 1. The van der Waals surface area contributed by atoms with Crippen LogP contribution >= 0.6 is 0 Å². The Morgan fingerprint density at radius 2 is 2.17 bits per heavy atom. The van der Waals surface area contributed by atoms with Gasteiger partial charge in [0.25, 0.3) is 5.91 Å². The van der Waals surface area contributed by atoms with Gasteiger partial charge >= 0.3 is 0 Å². The molecular formula is C14H16FNO2. The van der Waals surface area contributed by atoms with Crippen LogP contribution in [0.4, 0.5) is 4.39 Å². The normalized spacial score (nSPS) is 20.1. The third kappa shape index (κ3) is 2.42. The van der Waals surface area contributed by atoms with Crippen molar-refractivity contribution in [3.8, 4) is 0 Å². The molecule has 1 aromatic carbocycles. The van der Waals surface area contributed by atoms with Crippen molar-refractivity contribution in [2.24, 2.45) is 5.92 Å². The Morgan fingerprint density at radius 3 is 2.83 bits per heavy atom. The van der Waals surface area contributed by atoms with Gasteiger partial charge in [0.15, 0.2) is 0 Å². The highest BCUT2D eigenvalue weighted by Gasteiger charge is 2.27. The lowest BCUT2D eigenvalue weighted by atomic mass is 9.97. The molecule has 1 saturated heterocycles. The van der Waals surface area contributed by atoms with Gasteiger partial charge in [0.05, 0.1) is 0 Å². The minimum absolute atomic E-state index is 0.128. The molecule has 18 heavy (non-hydrogen) atoms. The van der Waals surface area contributed by atoms with Crippen molar-refractivity contribution < 1.29 is 14.0 Å². The molecule has 0 N–H and O–H groups in total. The van der Waals surface area contributed by atoms with Crippen LogP contribution in [-0.2, 0) is 4.79 Å². The summed E-state index contributed by atoms with van der Waals surface area (Å²) in [6.07, 6.45) is 0.390. The zero-order chi connectivity index (χ0) is 13.3. The highest BCUT2D eigenvalue weighted by atomic mass is 19.1. The smallest absolute Gasteiger partial charge is 0.254 e. The number of piperidine rings is 1. The van der Waals surface area contributed by atoms with E-state index in [9.17, 15) is 14.0 Å². The van der Waals surface area contributed by atoms with Crippen molar-refractivity contribution >= 4 is 11.7 Å². The summed E-state index contributed by atoms with van der Waals surface area (Å²) in [4.78, 5) is 25.3. The van der Waals surface area contributed by atoms with Crippen LogP contribution in [0.3, 0.4) is 0 Å².